The second-order valence-corrected chi connectivity index (χ2v) is 8.59. The molecule has 2 aliphatic rings. The Hall–Kier alpha value is -2.91. The van der Waals surface area contributed by atoms with Crippen molar-refractivity contribution < 1.29 is 4.79 Å². The number of hydrogen-bond donors (Lipinski definition) is 0. The molecule has 0 saturated carbocycles. The van der Waals surface area contributed by atoms with Gasteiger partial charge in [0.2, 0.25) is 5.91 Å². The van der Waals surface area contributed by atoms with Crippen LogP contribution in [0.25, 0.3) is 21.8 Å². The summed E-state index contributed by atoms with van der Waals surface area (Å²) in [5.41, 5.74) is 9.13. The maximum Gasteiger partial charge on any atom is 0.231 e. The highest BCUT2D eigenvalue weighted by molar-refractivity contribution is 6.17. The van der Waals surface area contributed by atoms with Crippen molar-refractivity contribution in [1.29, 1.82) is 0 Å². The highest BCUT2D eigenvalue weighted by Crippen LogP contribution is 2.40. The van der Waals surface area contributed by atoms with Crippen molar-refractivity contribution in [3.63, 3.8) is 0 Å². The Morgan fingerprint density at radius 2 is 1.79 bits per heavy atom. The fourth-order valence-corrected chi connectivity index (χ4v) is 5.34. The average molecular weight is 380 g/mol. The van der Waals surface area contributed by atoms with E-state index in [1.165, 1.54) is 44.1 Å². The largest absolute Gasteiger partial charge is 0.294 e. The van der Waals surface area contributed by atoms with E-state index in [0.29, 0.717) is 6.42 Å². The van der Waals surface area contributed by atoms with E-state index in [4.69, 9.17) is 0 Å². The van der Waals surface area contributed by atoms with Gasteiger partial charge in [0.1, 0.15) is 0 Å². The van der Waals surface area contributed by atoms with E-state index in [1.807, 2.05) is 4.57 Å². The van der Waals surface area contributed by atoms with E-state index in [2.05, 4.69) is 66.4 Å². The van der Waals surface area contributed by atoms with Gasteiger partial charge in [0, 0.05) is 36.8 Å². The molecule has 0 saturated heterocycles. The smallest absolute Gasteiger partial charge is 0.231 e. The van der Waals surface area contributed by atoms with Crippen LogP contribution in [0.1, 0.15) is 39.0 Å². The molecule has 4 aromatic rings. The summed E-state index contributed by atoms with van der Waals surface area (Å²) < 4.78 is 2.00. The molecule has 2 aliphatic heterocycles. The SMILES string of the molecule is Cc1ccc2c(c1)c1c3c(cc4c1n2C(=O)CC4)CN(Cc1ccccc1)CC3. The topological polar surface area (TPSA) is 25.2 Å². The number of aromatic nitrogens is 1. The maximum absolute atomic E-state index is 12.8. The number of aryl methyl sites for hydroxylation is 2. The molecule has 3 aromatic carbocycles. The van der Waals surface area contributed by atoms with Gasteiger partial charge in [-0.2, -0.15) is 0 Å². The van der Waals surface area contributed by atoms with E-state index in [-0.39, 0.29) is 5.91 Å². The van der Waals surface area contributed by atoms with E-state index < -0.39 is 0 Å². The summed E-state index contributed by atoms with van der Waals surface area (Å²) in [6.07, 6.45) is 2.50. The number of rotatable bonds is 2. The standard InChI is InChI=1S/C26H24N2O/c1-17-7-9-23-22(13-17)25-21-11-12-27(15-18-5-3-2-4-6-18)16-20(21)14-19-8-10-24(29)28(23)26(19)25/h2-7,9,13-14H,8,10-12,15-16H2,1H3. The van der Waals surface area contributed by atoms with Gasteiger partial charge in [0.15, 0.2) is 0 Å². The number of hydrogen-bond acceptors (Lipinski definition) is 2. The van der Waals surface area contributed by atoms with Gasteiger partial charge in [-0.3, -0.25) is 14.3 Å². The first-order valence-corrected chi connectivity index (χ1v) is 10.6. The first-order valence-electron chi connectivity index (χ1n) is 10.6. The Labute approximate surface area is 170 Å². The van der Waals surface area contributed by atoms with Gasteiger partial charge in [-0.25, -0.2) is 0 Å². The van der Waals surface area contributed by atoms with Crippen molar-refractivity contribution in [1.82, 2.24) is 9.47 Å². The lowest BCUT2D eigenvalue weighted by Crippen LogP contribution is -2.30. The Bertz CT molecular complexity index is 1280. The van der Waals surface area contributed by atoms with Gasteiger partial charge in [-0.05, 0) is 54.2 Å². The summed E-state index contributed by atoms with van der Waals surface area (Å²) in [7, 11) is 0. The predicted molar refractivity (Wildman–Crippen MR) is 117 cm³/mol. The molecule has 0 atom stereocenters. The van der Waals surface area contributed by atoms with Gasteiger partial charge < -0.3 is 0 Å². The van der Waals surface area contributed by atoms with Crippen molar-refractivity contribution in [3.05, 3.63) is 82.4 Å². The molecule has 144 valence electrons. The van der Waals surface area contributed by atoms with Crippen LogP contribution in [0.2, 0.25) is 0 Å². The fourth-order valence-electron chi connectivity index (χ4n) is 5.34. The lowest BCUT2D eigenvalue weighted by Gasteiger charge is -2.30. The molecule has 3 heteroatoms. The quantitative estimate of drug-likeness (QED) is 0.475. The first-order chi connectivity index (χ1) is 14.2. The normalized spacial score (nSPS) is 16.5. The van der Waals surface area contributed by atoms with Crippen LogP contribution < -0.4 is 0 Å². The molecule has 0 fully saturated rings. The molecule has 0 amide bonds. The molecule has 6 rings (SSSR count). The molecular formula is C26H24N2O. The van der Waals surface area contributed by atoms with Crippen LogP contribution in [0, 0.1) is 6.92 Å². The van der Waals surface area contributed by atoms with Crippen LogP contribution in [0.4, 0.5) is 0 Å². The van der Waals surface area contributed by atoms with Crippen molar-refractivity contribution in [2.24, 2.45) is 0 Å². The number of carbonyl (C=O) groups excluding carboxylic acids is 1. The molecule has 0 N–H and O–H groups in total. The number of fused-ring (bicyclic) bond motifs is 5. The summed E-state index contributed by atoms with van der Waals surface area (Å²) in [6.45, 7) is 5.18. The lowest BCUT2D eigenvalue weighted by atomic mass is 9.89. The van der Waals surface area contributed by atoms with Crippen LogP contribution in [-0.2, 0) is 25.9 Å². The molecule has 0 spiro atoms. The summed E-state index contributed by atoms with van der Waals surface area (Å²) in [5.74, 6) is 0.239. The zero-order chi connectivity index (χ0) is 19.5. The minimum Gasteiger partial charge on any atom is -0.294 e. The van der Waals surface area contributed by atoms with E-state index in [9.17, 15) is 4.79 Å². The van der Waals surface area contributed by atoms with Crippen LogP contribution in [-0.4, -0.2) is 21.9 Å². The molecule has 0 unspecified atom stereocenters. The van der Waals surface area contributed by atoms with Crippen LogP contribution in [0.5, 0.6) is 0 Å². The van der Waals surface area contributed by atoms with Gasteiger partial charge >= 0.3 is 0 Å². The highest BCUT2D eigenvalue weighted by Gasteiger charge is 2.28. The molecule has 0 aliphatic carbocycles. The van der Waals surface area contributed by atoms with E-state index in [0.717, 1.165) is 38.0 Å². The van der Waals surface area contributed by atoms with Crippen molar-refractivity contribution in [2.75, 3.05) is 6.54 Å². The average Bonchev–Trinajstić information content (AvgIpc) is 3.07. The van der Waals surface area contributed by atoms with E-state index in [1.54, 1.807) is 0 Å². The van der Waals surface area contributed by atoms with Crippen molar-refractivity contribution >= 4 is 27.7 Å². The van der Waals surface area contributed by atoms with Crippen LogP contribution >= 0.6 is 0 Å². The molecule has 1 aromatic heterocycles. The van der Waals surface area contributed by atoms with Gasteiger partial charge in [-0.1, -0.05) is 48.0 Å². The minimum atomic E-state index is 0.239. The first kappa shape index (κ1) is 17.0. The predicted octanol–water partition coefficient (Wildman–Crippen LogP) is 5.25. The summed E-state index contributed by atoms with van der Waals surface area (Å²) >= 11 is 0. The van der Waals surface area contributed by atoms with Gasteiger partial charge in [0.05, 0.1) is 11.0 Å². The molecule has 3 nitrogen and oxygen atoms in total. The summed E-state index contributed by atoms with van der Waals surface area (Å²) in [6, 6.07) is 19.7. The Balaban J connectivity index is 1.53. The zero-order valence-electron chi connectivity index (χ0n) is 16.7. The van der Waals surface area contributed by atoms with E-state index >= 15 is 0 Å². The third-order valence-corrected chi connectivity index (χ3v) is 6.64. The Kier molecular flexibility index (Phi) is 3.69. The fraction of sp³-hybridized carbons (Fsp3) is 0.269. The van der Waals surface area contributed by atoms with Crippen LogP contribution in [0.3, 0.4) is 0 Å². The lowest BCUT2D eigenvalue weighted by molar-refractivity contribution is 0.0908. The third-order valence-electron chi connectivity index (χ3n) is 6.64. The second-order valence-electron chi connectivity index (χ2n) is 8.59. The number of carbonyl (C=O) groups is 1. The molecule has 3 heterocycles. The monoisotopic (exact) mass is 380 g/mol. The Morgan fingerprint density at radius 3 is 2.66 bits per heavy atom. The van der Waals surface area contributed by atoms with Crippen LogP contribution in [0.15, 0.2) is 54.6 Å². The highest BCUT2D eigenvalue weighted by atomic mass is 16.2. The molecule has 0 bridgehead atoms. The van der Waals surface area contributed by atoms with Crippen molar-refractivity contribution in [2.45, 2.75) is 39.3 Å². The number of nitrogens with zero attached hydrogens (tertiary/aromatic N) is 2. The minimum absolute atomic E-state index is 0.239. The zero-order valence-corrected chi connectivity index (χ0v) is 16.7. The molecule has 29 heavy (non-hydrogen) atoms. The number of benzene rings is 3. The summed E-state index contributed by atoms with van der Waals surface area (Å²) in [5, 5.41) is 2.59. The van der Waals surface area contributed by atoms with Gasteiger partial charge in [-0.15, -0.1) is 0 Å². The van der Waals surface area contributed by atoms with Crippen molar-refractivity contribution in [3.8, 4) is 0 Å². The molecule has 0 radical (unpaired) electrons. The maximum atomic E-state index is 12.8. The Morgan fingerprint density at radius 1 is 0.931 bits per heavy atom. The second kappa shape index (κ2) is 6.30. The summed E-state index contributed by atoms with van der Waals surface area (Å²) in [4.78, 5) is 15.4. The molecular weight excluding hydrogens is 356 g/mol. The third kappa shape index (κ3) is 2.57. The van der Waals surface area contributed by atoms with Gasteiger partial charge in [0.25, 0.3) is 0 Å².